The zero-order chi connectivity index (χ0) is 98.2. The van der Waals surface area contributed by atoms with Crippen molar-refractivity contribution >= 4 is 221 Å². The third-order valence-corrected chi connectivity index (χ3v) is 28.2. The van der Waals surface area contributed by atoms with Gasteiger partial charge in [-0.25, -0.2) is 0 Å². The first-order valence-corrected chi connectivity index (χ1v) is 49.9. The molecule has 0 aliphatic heterocycles. The van der Waals surface area contributed by atoms with Crippen molar-refractivity contribution in [3.05, 3.63) is 570 Å². The molecule has 8 heteroatoms. The van der Waals surface area contributed by atoms with Crippen LogP contribution in [0.25, 0.3) is 108 Å². The normalized spacial score (nSPS) is 11.2. The maximum atomic E-state index is 2.31. The molecule has 0 heterocycles. The number of fused-ring (bicyclic) bond motifs is 9. The summed E-state index contributed by atoms with van der Waals surface area (Å²) in [6.07, 6.45) is 0. The van der Waals surface area contributed by atoms with Crippen molar-refractivity contribution in [2.24, 2.45) is 0 Å². The summed E-state index contributed by atoms with van der Waals surface area (Å²) < 4.78 is 0. The predicted molar refractivity (Wildman–Crippen MR) is 629 cm³/mol. The van der Waals surface area contributed by atoms with E-state index in [1.54, 1.807) is 0 Å². The van der Waals surface area contributed by atoms with Crippen LogP contribution in [0.5, 0.6) is 0 Å². The summed E-state index contributed by atoms with van der Waals surface area (Å²) in [5, 5.41) is 25.7. The van der Waals surface area contributed by atoms with Crippen LogP contribution in [0.15, 0.2) is 570 Å². The molecule has 26 rings (SSSR count). The summed E-state index contributed by atoms with van der Waals surface area (Å²) >= 11 is 0. The lowest BCUT2D eigenvalue weighted by atomic mass is 9.89. The van der Waals surface area contributed by atoms with Crippen LogP contribution in [0.3, 0.4) is 0 Å². The molecule has 0 atom stereocenters. The Kier molecular flexibility index (Phi) is 25.5. The second-order valence-corrected chi connectivity index (χ2v) is 37.0. The highest BCUT2D eigenvalue weighted by molar-refractivity contribution is 6.34. The monoisotopic (exact) mass is 1870 g/mol. The second kappa shape index (κ2) is 41.0. The van der Waals surface area contributed by atoms with Gasteiger partial charge in [0.1, 0.15) is 0 Å². The van der Waals surface area contributed by atoms with Crippen molar-refractivity contribution in [1.29, 1.82) is 0 Å². The highest BCUT2D eigenvalue weighted by atomic mass is 15.2. The topological polar surface area (TPSA) is 25.9 Å². The van der Waals surface area contributed by atoms with Crippen LogP contribution in [0.4, 0.5) is 114 Å². The van der Waals surface area contributed by atoms with Crippen LogP contribution in [0, 0.1) is 0 Å². The van der Waals surface area contributed by atoms with Crippen LogP contribution >= 0.6 is 0 Å². The van der Waals surface area contributed by atoms with E-state index in [2.05, 4.69) is 638 Å². The zero-order valence-electron chi connectivity index (χ0n) is 81.8. The van der Waals surface area contributed by atoms with Crippen molar-refractivity contribution in [3.8, 4) is 0 Å². The minimum absolute atomic E-state index is 1.13. The van der Waals surface area contributed by atoms with Crippen LogP contribution in [0.2, 0.25) is 0 Å². The van der Waals surface area contributed by atoms with Crippen molar-refractivity contribution < 1.29 is 0 Å². The molecule has 698 valence electrons. The molecule has 0 amide bonds. The van der Waals surface area contributed by atoms with E-state index in [-0.39, 0.29) is 0 Å². The molecular formula is C138H106N8. The Balaban J connectivity index is 0.000000108. The predicted octanol–water partition coefficient (Wildman–Crippen LogP) is 38.7. The molecule has 0 aromatic heterocycles. The summed E-state index contributed by atoms with van der Waals surface area (Å²) in [7, 11) is 8.61. The van der Waals surface area contributed by atoms with E-state index < -0.39 is 0 Å². The Labute approximate surface area is 853 Å². The fraction of sp³-hybridized carbons (Fsp3) is 0.0290. The Morgan fingerprint density at radius 3 is 0.740 bits per heavy atom. The Morgan fingerprint density at radius 1 is 0.110 bits per heavy atom. The summed E-state index contributed by atoms with van der Waals surface area (Å²) in [5.74, 6) is 0. The van der Waals surface area contributed by atoms with Crippen LogP contribution in [0.1, 0.15) is 0 Å². The van der Waals surface area contributed by atoms with E-state index in [1.807, 2.05) is 0 Å². The van der Waals surface area contributed by atoms with Gasteiger partial charge in [0, 0.05) is 158 Å². The first-order chi connectivity index (χ1) is 72.1. The maximum absolute atomic E-state index is 2.31. The average Bonchev–Trinajstić information content (AvgIpc) is 0.714. The minimum Gasteiger partial charge on any atom is -0.345 e. The largest absolute Gasteiger partial charge is 0.345 e. The molecule has 8 nitrogen and oxygen atoms in total. The van der Waals surface area contributed by atoms with Crippen LogP contribution in [-0.2, 0) is 0 Å². The molecule has 0 radical (unpaired) electrons. The lowest BCUT2D eigenvalue weighted by Crippen LogP contribution is -2.12. The molecule has 0 fully saturated rings. The van der Waals surface area contributed by atoms with E-state index >= 15 is 0 Å². The van der Waals surface area contributed by atoms with E-state index in [4.69, 9.17) is 0 Å². The lowest BCUT2D eigenvalue weighted by molar-refractivity contribution is 1.21. The van der Waals surface area contributed by atoms with Crippen molar-refractivity contribution in [3.63, 3.8) is 0 Å². The van der Waals surface area contributed by atoms with Crippen molar-refractivity contribution in [2.45, 2.75) is 0 Å². The van der Waals surface area contributed by atoms with Crippen LogP contribution in [-0.4, -0.2) is 28.2 Å². The Bertz CT molecular complexity index is 8750. The fourth-order valence-electron chi connectivity index (χ4n) is 21.0. The Hall–Kier alpha value is -19.0. The van der Waals surface area contributed by atoms with Gasteiger partial charge < -0.3 is 39.2 Å². The number of hydrogen-bond acceptors (Lipinski definition) is 8. The van der Waals surface area contributed by atoms with E-state index in [0.717, 1.165) is 91.0 Å². The molecule has 0 aliphatic carbocycles. The zero-order valence-corrected chi connectivity index (χ0v) is 81.8. The molecule has 0 spiro atoms. The first kappa shape index (κ1) is 90.8. The third kappa shape index (κ3) is 18.3. The number of para-hydroxylation sites is 8. The van der Waals surface area contributed by atoms with Gasteiger partial charge in [-0.05, 0) is 323 Å². The molecule has 0 aliphatic rings. The van der Waals surface area contributed by atoms with Crippen molar-refractivity contribution in [1.82, 2.24) is 0 Å². The summed E-state index contributed by atoms with van der Waals surface area (Å²) in [6, 6.07) is 203. The second-order valence-electron chi connectivity index (χ2n) is 37.0. The molecule has 0 N–H and O–H groups in total. The van der Waals surface area contributed by atoms with Gasteiger partial charge in [0.2, 0.25) is 0 Å². The van der Waals surface area contributed by atoms with Gasteiger partial charge in [-0.3, -0.25) is 0 Å². The van der Waals surface area contributed by atoms with Gasteiger partial charge in [-0.15, -0.1) is 0 Å². The number of rotatable bonds is 20. The maximum Gasteiger partial charge on any atom is 0.0567 e. The van der Waals surface area contributed by atoms with E-state index in [1.165, 1.54) is 130 Å². The molecular weight excluding hydrogens is 1770 g/mol. The molecule has 26 aromatic rings. The molecule has 0 unspecified atom stereocenters. The van der Waals surface area contributed by atoms with Gasteiger partial charge in [0.25, 0.3) is 0 Å². The lowest BCUT2D eigenvalue weighted by Gasteiger charge is -2.27. The molecule has 26 aromatic carbocycles. The Morgan fingerprint density at radius 2 is 0.349 bits per heavy atom. The van der Waals surface area contributed by atoms with Gasteiger partial charge in [0.05, 0.1) is 5.69 Å². The molecule has 0 saturated heterocycles. The quantitative estimate of drug-likeness (QED) is 0.0550. The molecule has 0 saturated carbocycles. The van der Waals surface area contributed by atoms with E-state index in [0.29, 0.717) is 0 Å². The fourth-order valence-corrected chi connectivity index (χ4v) is 21.0. The number of hydrogen-bond donors (Lipinski definition) is 0. The third-order valence-electron chi connectivity index (χ3n) is 28.2. The highest BCUT2D eigenvalue weighted by Crippen LogP contribution is 2.49. The summed E-state index contributed by atoms with van der Waals surface area (Å²) in [5.41, 5.74) is 23.0. The average molecular weight is 1880 g/mol. The van der Waals surface area contributed by atoms with Crippen molar-refractivity contribution in [2.75, 3.05) is 67.4 Å². The standard InChI is InChI=1S/C39H28N2.3C33H26N2/c1-40(28-21-23-31(24-22-28)41(29-13-4-2-5-14-29)30-15-6-3-7-16-30)37-26-25-35-33-18-9-12-27-11-8-17-32(38(27)33)34-19-10-20-36(37)39(34)35;1-34(33-31-18-10-8-12-25(31)24-26-13-9-11-19-32(26)33)27-20-22-30(23-21-27)35(28-14-4-2-5-15-28)29-16-6-3-7-17-29;1-34(33-24-25-12-8-9-17-30(25)31-18-10-11-19-32(31)33)26-20-22-29(23-21-26)35(27-13-4-2-5-14-27)28-15-6-3-7-16-28;1-34(33-17-16-27-22-25-10-8-9-11-26(25)23-28(27)24-33)29-18-20-32(21-19-29)35(30-12-4-2-5-13-30)31-14-6-3-7-15-31/h2-26H,1H3;3*2-24H,1H3. The smallest absolute Gasteiger partial charge is 0.0567 e. The number of anilines is 20. The number of benzene rings is 26. The SMILES string of the molecule is CN(c1ccc(N(c2ccccc2)c2ccccc2)cc1)c1c2ccccc2cc2ccccc12.CN(c1ccc(N(c2ccccc2)c2ccccc2)cc1)c1cc2ccccc2c2ccccc12.CN(c1ccc(N(c2ccccc2)c2ccccc2)cc1)c1ccc2c3cccc4cccc(c5cccc1c52)c43.CN(c1ccc(N(c2ccccc2)c2ccccc2)cc1)c1ccc2cc3ccccc3cc2c1. The first-order valence-electron chi connectivity index (χ1n) is 49.9. The summed E-state index contributed by atoms with van der Waals surface area (Å²) in [4.78, 5) is 18.3. The molecule has 146 heavy (non-hydrogen) atoms. The summed E-state index contributed by atoms with van der Waals surface area (Å²) in [6.45, 7) is 0. The van der Waals surface area contributed by atoms with Gasteiger partial charge >= 0.3 is 0 Å². The molecule has 0 bridgehead atoms. The van der Waals surface area contributed by atoms with E-state index in [9.17, 15) is 0 Å². The van der Waals surface area contributed by atoms with Gasteiger partial charge in [0.15, 0.2) is 0 Å². The van der Waals surface area contributed by atoms with Gasteiger partial charge in [-0.1, -0.05) is 334 Å². The van der Waals surface area contributed by atoms with Gasteiger partial charge in [-0.2, -0.15) is 0 Å². The van der Waals surface area contributed by atoms with Crippen LogP contribution < -0.4 is 39.2 Å². The number of nitrogens with zero attached hydrogens (tertiary/aromatic N) is 8. The highest BCUT2D eigenvalue weighted by Gasteiger charge is 2.24. The minimum atomic E-state index is 1.13.